The lowest BCUT2D eigenvalue weighted by Gasteiger charge is -2.27. The fraction of sp³-hybridized carbons (Fsp3) is 0.269. The molecule has 0 unspecified atom stereocenters. The van der Waals surface area contributed by atoms with Gasteiger partial charge in [0, 0.05) is 33.1 Å². The van der Waals surface area contributed by atoms with Gasteiger partial charge in [-0.25, -0.2) is 13.2 Å². The first kappa shape index (κ1) is 28.5. The van der Waals surface area contributed by atoms with Crippen LogP contribution in [-0.4, -0.2) is 44.3 Å². The van der Waals surface area contributed by atoms with E-state index in [9.17, 15) is 23.2 Å². The molecule has 2 N–H and O–H groups in total. The molecule has 206 valence electrons. The molecule has 13 heteroatoms. The number of anilines is 3. The molecule has 1 aliphatic rings. The van der Waals surface area contributed by atoms with Gasteiger partial charge < -0.3 is 10.1 Å². The van der Waals surface area contributed by atoms with Crippen LogP contribution in [0.1, 0.15) is 26.3 Å². The van der Waals surface area contributed by atoms with E-state index >= 15 is 0 Å². The Morgan fingerprint density at radius 1 is 1.13 bits per heavy atom. The van der Waals surface area contributed by atoms with Crippen LogP contribution in [0.25, 0.3) is 0 Å². The summed E-state index contributed by atoms with van der Waals surface area (Å²) in [5.74, 6) is -0.746. The zero-order valence-corrected chi connectivity index (χ0v) is 23.7. The van der Waals surface area contributed by atoms with Crippen molar-refractivity contribution in [1.29, 1.82) is 0 Å². The van der Waals surface area contributed by atoms with E-state index in [1.54, 1.807) is 45.0 Å². The van der Waals surface area contributed by atoms with Gasteiger partial charge in [-0.05, 0) is 75.2 Å². The van der Waals surface area contributed by atoms with Crippen LogP contribution in [0.3, 0.4) is 0 Å². The summed E-state index contributed by atoms with van der Waals surface area (Å²) in [6.45, 7) is 4.81. The molecule has 0 saturated heterocycles. The van der Waals surface area contributed by atoms with E-state index in [0.29, 0.717) is 29.9 Å². The van der Waals surface area contributed by atoms with E-state index in [-0.39, 0.29) is 20.6 Å². The van der Waals surface area contributed by atoms with E-state index in [2.05, 4.69) is 5.32 Å². The fourth-order valence-electron chi connectivity index (χ4n) is 4.09. The van der Waals surface area contributed by atoms with E-state index in [0.717, 1.165) is 9.04 Å². The third-order valence-corrected chi connectivity index (χ3v) is 7.83. The van der Waals surface area contributed by atoms with Crippen molar-refractivity contribution < 1.29 is 32.7 Å². The summed E-state index contributed by atoms with van der Waals surface area (Å²) in [7, 11) is -4.30. The summed E-state index contributed by atoms with van der Waals surface area (Å²) >= 11 is 12.1. The highest BCUT2D eigenvalue weighted by Gasteiger charge is 2.32. The van der Waals surface area contributed by atoms with Gasteiger partial charge in [0.15, 0.2) is 0 Å². The van der Waals surface area contributed by atoms with Crippen LogP contribution < -0.4 is 19.3 Å². The van der Waals surface area contributed by atoms with Crippen LogP contribution >= 0.6 is 23.2 Å². The molecule has 0 saturated carbocycles. The Labute approximate surface area is 236 Å². The topological polar surface area (TPSA) is 120 Å². The van der Waals surface area contributed by atoms with Crippen LogP contribution in [0.4, 0.5) is 21.9 Å². The summed E-state index contributed by atoms with van der Waals surface area (Å²) in [5, 5.41) is 12.6. The normalized spacial score (nSPS) is 13.1. The molecule has 2 heterocycles. The molecule has 0 aliphatic carbocycles. The van der Waals surface area contributed by atoms with Crippen molar-refractivity contribution in [3.63, 3.8) is 0 Å². The van der Waals surface area contributed by atoms with Crippen molar-refractivity contribution in [3.8, 4) is 0 Å². The van der Waals surface area contributed by atoms with Gasteiger partial charge in [0.25, 0.3) is 10.0 Å². The third-order valence-electron chi connectivity index (χ3n) is 5.65. The second-order valence-electron chi connectivity index (χ2n) is 9.82. The Morgan fingerprint density at radius 2 is 1.82 bits per heavy atom. The van der Waals surface area contributed by atoms with Crippen molar-refractivity contribution in [2.24, 2.45) is 0 Å². The van der Waals surface area contributed by atoms with E-state index < -0.39 is 34.2 Å². The highest BCUT2D eigenvalue weighted by atomic mass is 35.5. The smallest absolute Gasteiger partial charge is 0.327 e. The number of fused-ring (bicyclic) bond motifs is 1. The van der Waals surface area contributed by atoms with Crippen molar-refractivity contribution in [2.45, 2.75) is 37.7 Å². The number of hydrogen-bond acceptors (Lipinski definition) is 6. The molecule has 2 amide bonds. The largest absolute Gasteiger partial charge is 0.459 e. The summed E-state index contributed by atoms with van der Waals surface area (Å²) in [6, 6.07) is 11.5. The second-order valence-corrected chi connectivity index (χ2v) is 12.6. The number of hydrogen-bond donors (Lipinski definition) is 2. The number of nitrogens with zero attached hydrogens (tertiary/aromatic N) is 3. The van der Waals surface area contributed by atoms with Gasteiger partial charge >= 0.3 is 12.0 Å². The molecule has 0 fully saturated rings. The Morgan fingerprint density at radius 3 is 2.46 bits per heavy atom. The summed E-state index contributed by atoms with van der Waals surface area (Å²) in [4.78, 5) is 27.0. The lowest BCUT2D eigenvalue weighted by Crippen LogP contribution is -2.39. The van der Waals surface area contributed by atoms with Gasteiger partial charge in [0.05, 0.1) is 10.6 Å². The Bertz CT molecular complexity index is 1520. The Kier molecular flexibility index (Phi) is 7.97. The number of carbonyl (C=O) groups excluding carboxylic acids is 2. The molecule has 4 rings (SSSR count). The average Bonchev–Trinajstić information content (AvgIpc) is 3.24. The van der Waals surface area contributed by atoms with Gasteiger partial charge in [0.1, 0.15) is 17.8 Å². The molecule has 10 nitrogen and oxygen atoms in total. The van der Waals surface area contributed by atoms with Crippen LogP contribution in [0.5, 0.6) is 0 Å². The van der Waals surface area contributed by atoms with Gasteiger partial charge in [-0.1, -0.05) is 23.2 Å². The van der Waals surface area contributed by atoms with E-state index in [1.807, 2.05) is 0 Å². The zero-order valence-electron chi connectivity index (χ0n) is 21.4. The number of sulfonamides is 1. The first-order valence-corrected chi connectivity index (χ1v) is 14.1. The molecule has 2 aromatic carbocycles. The molecule has 3 aromatic rings. The molecule has 0 atom stereocenters. The minimum Gasteiger partial charge on any atom is -0.459 e. The minimum absolute atomic E-state index is 0.124. The zero-order chi connectivity index (χ0) is 28.5. The lowest BCUT2D eigenvalue weighted by molar-refractivity contribution is -0.904. The predicted molar refractivity (Wildman–Crippen MR) is 147 cm³/mol. The fourth-order valence-corrected chi connectivity index (χ4v) is 6.22. The maximum atomic E-state index is 13.7. The number of pyridine rings is 1. The maximum Gasteiger partial charge on any atom is 0.327 e. The molecule has 39 heavy (non-hydrogen) atoms. The molecule has 1 aliphatic heterocycles. The summed E-state index contributed by atoms with van der Waals surface area (Å²) in [6.07, 6.45) is 3.21. The second kappa shape index (κ2) is 10.9. The van der Waals surface area contributed by atoms with E-state index in [4.69, 9.17) is 27.9 Å². The number of esters is 1. The number of aromatic nitrogens is 1. The van der Waals surface area contributed by atoms with Gasteiger partial charge in [-0.2, -0.15) is 0 Å². The van der Waals surface area contributed by atoms with Crippen molar-refractivity contribution in [1.82, 2.24) is 0 Å². The quantitative estimate of drug-likeness (QED) is 0.244. The molecule has 0 bridgehead atoms. The van der Waals surface area contributed by atoms with Crippen molar-refractivity contribution in [2.75, 3.05) is 27.6 Å². The monoisotopic (exact) mass is 593 g/mol. The number of halogens is 2. The van der Waals surface area contributed by atoms with Gasteiger partial charge in [-0.15, -0.1) is 0 Å². The van der Waals surface area contributed by atoms with Gasteiger partial charge in [-0.3, -0.25) is 19.2 Å². The standard InChI is InChI=1S/C26H26Cl2N4O6S/c1-26(2,3)38-24(33)16-32(39(36,37)22-13-18(27)12-19(28)14-22)21-6-7-23-17(11-21)8-10-31(23)25(34)29-20-5-4-9-30(35)15-20/h4-7,9,11-15H,8,10,16H2,1-3H3,(H-,29,34,35)/p+1. The average molecular weight is 594 g/mol. The molecule has 0 radical (unpaired) electrons. The number of carbonyl (C=O) groups is 2. The third kappa shape index (κ3) is 6.73. The molecule has 1 aromatic heterocycles. The Balaban J connectivity index is 1.67. The highest BCUT2D eigenvalue weighted by Crippen LogP contribution is 2.35. The SMILES string of the molecule is CC(C)(C)OC(=O)CN(c1ccc2c(c1)CCN2C(=O)Nc1ccc[n+](O)c1)S(=O)(=O)c1cc(Cl)cc(Cl)c1. The predicted octanol–water partition coefficient (Wildman–Crippen LogP) is 4.65. The van der Waals surface area contributed by atoms with Crippen LogP contribution in [0.15, 0.2) is 65.8 Å². The van der Waals surface area contributed by atoms with Crippen molar-refractivity contribution in [3.05, 3.63) is 76.5 Å². The molecular formula is C26H27Cl2N4O6S+. The minimum atomic E-state index is -4.30. The maximum absolute atomic E-state index is 13.7. The van der Waals surface area contributed by atoms with E-state index in [1.165, 1.54) is 41.6 Å². The number of rotatable bonds is 6. The van der Waals surface area contributed by atoms with Gasteiger partial charge in [0.2, 0.25) is 12.4 Å². The number of benzene rings is 2. The highest BCUT2D eigenvalue weighted by molar-refractivity contribution is 7.92. The van der Waals surface area contributed by atoms with Crippen LogP contribution in [-0.2, 0) is 26.0 Å². The molecule has 0 spiro atoms. The summed E-state index contributed by atoms with van der Waals surface area (Å²) < 4.78 is 34.7. The van der Waals surface area contributed by atoms with Crippen LogP contribution in [0.2, 0.25) is 10.0 Å². The lowest BCUT2D eigenvalue weighted by atomic mass is 10.1. The number of nitrogens with one attached hydrogen (secondary N) is 1. The number of ether oxygens (including phenoxy) is 1. The first-order chi connectivity index (χ1) is 18.2. The number of urea groups is 1. The van der Waals surface area contributed by atoms with Crippen LogP contribution in [0, 0.1) is 0 Å². The summed E-state index contributed by atoms with van der Waals surface area (Å²) in [5.41, 5.74) is 1.07. The molecular weight excluding hydrogens is 567 g/mol. The first-order valence-electron chi connectivity index (χ1n) is 11.9. The number of amides is 2. The van der Waals surface area contributed by atoms with Crippen molar-refractivity contribution >= 4 is 62.3 Å². The Hall–Kier alpha value is -3.54.